The number of pyridine rings is 1. The average molecular weight is 299 g/mol. The maximum absolute atomic E-state index is 12.8. The van der Waals surface area contributed by atoms with Crippen molar-refractivity contribution < 1.29 is 13.2 Å². The Morgan fingerprint density at radius 2 is 1.80 bits per heavy atom. The number of aromatic nitrogens is 1. The summed E-state index contributed by atoms with van der Waals surface area (Å²) in [7, 11) is 0. The molecule has 0 radical (unpaired) electrons. The number of hydrogen-bond acceptors (Lipinski definition) is 4. The summed E-state index contributed by atoms with van der Waals surface area (Å²) in [4.78, 5) is 4.82. The molecular weight excluding hydrogens is 287 g/mol. The van der Waals surface area contributed by atoms with Gasteiger partial charge in [-0.2, -0.15) is 13.2 Å². The van der Waals surface area contributed by atoms with Gasteiger partial charge in [-0.1, -0.05) is 29.5 Å². The third-order valence-electron chi connectivity index (χ3n) is 2.52. The lowest BCUT2D eigenvalue weighted by Crippen LogP contribution is -2.12. The molecule has 0 aliphatic heterocycles. The number of benzene rings is 1. The Balaban J connectivity index is 2.33. The van der Waals surface area contributed by atoms with Gasteiger partial charge in [-0.05, 0) is 31.2 Å². The van der Waals surface area contributed by atoms with E-state index >= 15 is 0 Å². The molecule has 0 amide bonds. The number of alkyl halides is 3. The molecule has 0 spiro atoms. The molecule has 7 heteroatoms. The number of nitrogens with zero attached hydrogens (tertiary/aromatic N) is 1. The van der Waals surface area contributed by atoms with Gasteiger partial charge in [0.15, 0.2) is 0 Å². The Morgan fingerprint density at radius 3 is 2.35 bits per heavy atom. The summed E-state index contributed by atoms with van der Waals surface area (Å²) in [6, 6.07) is 9.32. The van der Waals surface area contributed by atoms with Gasteiger partial charge in [0.1, 0.15) is 10.8 Å². The van der Waals surface area contributed by atoms with E-state index < -0.39 is 11.7 Å². The zero-order valence-corrected chi connectivity index (χ0v) is 11.3. The number of aryl methyl sites for hydroxylation is 1. The second-order valence-corrected chi connectivity index (χ2v) is 5.23. The van der Waals surface area contributed by atoms with E-state index in [0.717, 1.165) is 34.4 Å². The fraction of sp³-hybridized carbons (Fsp3) is 0.154. The Labute approximate surface area is 118 Å². The van der Waals surface area contributed by atoms with E-state index in [-0.39, 0.29) is 10.8 Å². The molecule has 2 aromatic rings. The SMILES string of the molecule is Cc1ccc(Sc2cc(C(F)(F)F)cc(NN)n2)cc1. The Hall–Kier alpha value is -1.73. The number of nitrogens with two attached hydrogens (primary N) is 1. The van der Waals surface area contributed by atoms with Crippen LogP contribution in [0.15, 0.2) is 46.3 Å². The number of nitrogen functional groups attached to an aromatic ring is 1. The van der Waals surface area contributed by atoms with E-state index in [0.29, 0.717) is 0 Å². The minimum absolute atomic E-state index is 0.0190. The molecule has 0 fully saturated rings. The second-order valence-electron chi connectivity index (χ2n) is 4.14. The summed E-state index contributed by atoms with van der Waals surface area (Å²) in [5.41, 5.74) is 2.45. The summed E-state index contributed by atoms with van der Waals surface area (Å²) in [5.74, 6) is 5.14. The van der Waals surface area contributed by atoms with Gasteiger partial charge in [-0.15, -0.1) is 0 Å². The number of anilines is 1. The smallest absolute Gasteiger partial charge is 0.308 e. The van der Waals surface area contributed by atoms with Crippen LogP contribution in [0.2, 0.25) is 0 Å². The number of halogens is 3. The first-order valence-electron chi connectivity index (χ1n) is 5.69. The molecule has 3 nitrogen and oxygen atoms in total. The van der Waals surface area contributed by atoms with E-state index in [9.17, 15) is 13.2 Å². The molecule has 20 heavy (non-hydrogen) atoms. The van der Waals surface area contributed by atoms with Crippen molar-refractivity contribution in [3.8, 4) is 0 Å². The molecule has 0 saturated carbocycles. The highest BCUT2D eigenvalue weighted by Gasteiger charge is 2.31. The molecule has 1 aromatic carbocycles. The molecule has 1 heterocycles. The van der Waals surface area contributed by atoms with Gasteiger partial charge in [-0.3, -0.25) is 0 Å². The van der Waals surface area contributed by atoms with Crippen molar-refractivity contribution in [2.45, 2.75) is 23.0 Å². The van der Waals surface area contributed by atoms with Crippen LogP contribution in [0.1, 0.15) is 11.1 Å². The monoisotopic (exact) mass is 299 g/mol. The molecule has 1 aromatic heterocycles. The van der Waals surface area contributed by atoms with E-state index in [2.05, 4.69) is 10.4 Å². The standard InChI is InChI=1S/C13H12F3N3S/c1-8-2-4-10(5-3-8)20-12-7-9(13(14,15)16)6-11(18-12)19-17/h2-7H,17H2,1H3,(H,18,19). The fourth-order valence-electron chi connectivity index (χ4n) is 1.52. The van der Waals surface area contributed by atoms with Crippen molar-refractivity contribution >= 4 is 17.6 Å². The van der Waals surface area contributed by atoms with Gasteiger partial charge in [0, 0.05) is 4.90 Å². The van der Waals surface area contributed by atoms with E-state index in [1.165, 1.54) is 0 Å². The number of hydrogen-bond donors (Lipinski definition) is 2. The Morgan fingerprint density at radius 1 is 1.15 bits per heavy atom. The van der Waals surface area contributed by atoms with Crippen molar-refractivity contribution in [2.24, 2.45) is 5.84 Å². The van der Waals surface area contributed by atoms with Crippen LogP contribution in [0, 0.1) is 6.92 Å². The van der Waals surface area contributed by atoms with Crippen molar-refractivity contribution in [1.82, 2.24) is 4.98 Å². The van der Waals surface area contributed by atoms with Crippen LogP contribution >= 0.6 is 11.8 Å². The lowest BCUT2D eigenvalue weighted by molar-refractivity contribution is -0.137. The van der Waals surface area contributed by atoms with Gasteiger partial charge in [-0.25, -0.2) is 10.8 Å². The lowest BCUT2D eigenvalue weighted by atomic mass is 10.2. The first-order chi connectivity index (χ1) is 9.38. The molecule has 2 rings (SSSR count). The number of rotatable bonds is 3. The van der Waals surface area contributed by atoms with Crippen LogP contribution in [0.3, 0.4) is 0 Å². The maximum Gasteiger partial charge on any atom is 0.416 e. The average Bonchev–Trinajstić information content (AvgIpc) is 2.40. The molecule has 0 atom stereocenters. The zero-order chi connectivity index (χ0) is 14.8. The van der Waals surface area contributed by atoms with Gasteiger partial charge in [0.2, 0.25) is 0 Å². The molecule has 106 valence electrons. The largest absolute Gasteiger partial charge is 0.416 e. The van der Waals surface area contributed by atoms with Crippen molar-refractivity contribution in [1.29, 1.82) is 0 Å². The molecule has 0 unspecified atom stereocenters. The first-order valence-corrected chi connectivity index (χ1v) is 6.50. The summed E-state index contributed by atoms with van der Waals surface area (Å²) in [5, 5.41) is 0.233. The highest BCUT2D eigenvalue weighted by atomic mass is 32.2. The highest BCUT2D eigenvalue weighted by molar-refractivity contribution is 7.99. The molecule has 0 saturated heterocycles. The third-order valence-corrected chi connectivity index (χ3v) is 3.45. The van der Waals surface area contributed by atoms with Gasteiger partial charge >= 0.3 is 6.18 Å². The quantitative estimate of drug-likeness (QED) is 0.668. The molecule has 0 bridgehead atoms. The summed E-state index contributed by atoms with van der Waals surface area (Å²) in [6.45, 7) is 1.94. The normalized spacial score (nSPS) is 11.4. The van der Waals surface area contributed by atoms with E-state index in [4.69, 9.17) is 5.84 Å². The third kappa shape index (κ3) is 3.64. The van der Waals surface area contributed by atoms with Crippen molar-refractivity contribution in [3.63, 3.8) is 0 Å². The van der Waals surface area contributed by atoms with Gasteiger partial charge in [0.25, 0.3) is 0 Å². The minimum Gasteiger partial charge on any atom is -0.308 e. The summed E-state index contributed by atoms with van der Waals surface area (Å²) < 4.78 is 38.3. The van der Waals surface area contributed by atoms with Crippen LogP contribution in [0.25, 0.3) is 0 Å². The number of nitrogens with one attached hydrogen (secondary N) is 1. The Bertz CT molecular complexity index is 597. The summed E-state index contributed by atoms with van der Waals surface area (Å²) in [6.07, 6.45) is -4.43. The van der Waals surface area contributed by atoms with Crippen molar-refractivity contribution in [3.05, 3.63) is 47.5 Å². The maximum atomic E-state index is 12.8. The molecule has 0 aliphatic rings. The van der Waals surface area contributed by atoms with E-state index in [1.54, 1.807) is 0 Å². The van der Waals surface area contributed by atoms with Crippen LogP contribution < -0.4 is 11.3 Å². The topological polar surface area (TPSA) is 50.9 Å². The predicted octanol–water partition coefficient (Wildman–Crippen LogP) is 3.85. The highest BCUT2D eigenvalue weighted by Crippen LogP contribution is 2.35. The number of hydrazine groups is 1. The van der Waals surface area contributed by atoms with Crippen LogP contribution in [0.4, 0.5) is 19.0 Å². The van der Waals surface area contributed by atoms with Crippen LogP contribution in [-0.4, -0.2) is 4.98 Å². The van der Waals surface area contributed by atoms with Crippen LogP contribution in [0.5, 0.6) is 0 Å². The van der Waals surface area contributed by atoms with Gasteiger partial charge < -0.3 is 5.43 Å². The summed E-state index contributed by atoms with van der Waals surface area (Å²) >= 11 is 1.15. The van der Waals surface area contributed by atoms with Gasteiger partial charge in [0.05, 0.1) is 5.56 Å². The lowest BCUT2D eigenvalue weighted by Gasteiger charge is -2.11. The zero-order valence-electron chi connectivity index (χ0n) is 10.5. The molecular formula is C13H12F3N3S. The van der Waals surface area contributed by atoms with E-state index in [1.807, 2.05) is 31.2 Å². The predicted molar refractivity (Wildman–Crippen MR) is 72.4 cm³/mol. The molecule has 3 N–H and O–H groups in total. The second kappa shape index (κ2) is 5.72. The first kappa shape index (κ1) is 14.7. The molecule has 0 aliphatic carbocycles. The Kier molecular flexibility index (Phi) is 4.20. The fourth-order valence-corrected chi connectivity index (χ4v) is 2.37. The van der Waals surface area contributed by atoms with Crippen molar-refractivity contribution in [2.75, 3.05) is 5.43 Å². The minimum atomic E-state index is -4.43. The van der Waals surface area contributed by atoms with Crippen LogP contribution in [-0.2, 0) is 6.18 Å².